The maximum atomic E-state index is 13.2. The van der Waals surface area contributed by atoms with Crippen LogP contribution in [0.25, 0.3) is 0 Å². The largest absolute Gasteiger partial charge is 0.394 e. The number of nitrogens with zero attached hydrogens (tertiary/aromatic N) is 3. The summed E-state index contributed by atoms with van der Waals surface area (Å²) in [6.07, 6.45) is -3.00. The van der Waals surface area contributed by atoms with E-state index in [0.717, 1.165) is 0 Å². The van der Waals surface area contributed by atoms with Gasteiger partial charge in [-0.15, -0.1) is 0 Å². The normalized spacial score (nSPS) is 24.6. The van der Waals surface area contributed by atoms with Gasteiger partial charge in [-0.1, -0.05) is 0 Å². The van der Waals surface area contributed by atoms with E-state index in [-0.39, 0.29) is 24.9 Å². The number of hydrogen-bond donors (Lipinski definition) is 1. The second-order valence-corrected chi connectivity index (χ2v) is 7.98. The summed E-state index contributed by atoms with van der Waals surface area (Å²) in [5.41, 5.74) is -1.25. The van der Waals surface area contributed by atoms with E-state index in [1.807, 2.05) is 4.90 Å². The van der Waals surface area contributed by atoms with Gasteiger partial charge in [0.1, 0.15) is 0 Å². The molecule has 2 saturated heterocycles. The zero-order valence-corrected chi connectivity index (χ0v) is 15.9. The predicted molar refractivity (Wildman–Crippen MR) is 91.6 cm³/mol. The molecule has 0 bridgehead atoms. The van der Waals surface area contributed by atoms with E-state index in [2.05, 4.69) is 5.32 Å². The van der Waals surface area contributed by atoms with E-state index in [9.17, 15) is 22.8 Å². The Morgan fingerprint density at radius 3 is 2.15 bits per heavy atom. The first kappa shape index (κ1) is 20.8. The van der Waals surface area contributed by atoms with Crippen LogP contribution in [0.5, 0.6) is 0 Å². The van der Waals surface area contributed by atoms with Crippen molar-refractivity contribution < 1.29 is 22.8 Å². The zero-order valence-electron chi connectivity index (χ0n) is 15.9. The highest BCUT2D eigenvalue weighted by molar-refractivity contribution is 5.77. The fraction of sp³-hybridized carbons (Fsp3) is 0.882. The van der Waals surface area contributed by atoms with Crippen molar-refractivity contribution in [2.24, 2.45) is 5.92 Å². The number of alkyl halides is 3. The Kier molecular flexibility index (Phi) is 6.09. The summed E-state index contributed by atoms with van der Waals surface area (Å²) in [6.45, 7) is 4.78. The topological polar surface area (TPSA) is 55.9 Å². The molecule has 0 aromatic heterocycles. The molecule has 26 heavy (non-hydrogen) atoms. The first-order valence-electron chi connectivity index (χ1n) is 9.00. The number of amides is 3. The van der Waals surface area contributed by atoms with Gasteiger partial charge in [0.15, 0.2) is 0 Å². The molecule has 150 valence electrons. The molecule has 1 N–H and O–H groups in total. The molecule has 2 aliphatic heterocycles. The fourth-order valence-corrected chi connectivity index (χ4v) is 3.84. The van der Waals surface area contributed by atoms with Crippen LogP contribution in [0.4, 0.5) is 18.0 Å². The molecule has 0 radical (unpaired) electrons. The van der Waals surface area contributed by atoms with Gasteiger partial charge >= 0.3 is 12.2 Å². The number of carbonyl (C=O) groups excluding carboxylic acids is 2. The minimum Gasteiger partial charge on any atom is -0.348 e. The third-order valence-electron chi connectivity index (χ3n) is 5.60. The molecule has 1 atom stereocenters. The number of halogens is 3. The molecule has 0 aliphatic carbocycles. The molecular formula is C17H29F3N4O2. The van der Waals surface area contributed by atoms with Gasteiger partial charge in [0.25, 0.3) is 0 Å². The Morgan fingerprint density at radius 1 is 1.12 bits per heavy atom. The highest BCUT2D eigenvalue weighted by Gasteiger charge is 2.56. The second kappa shape index (κ2) is 7.62. The number of likely N-dealkylation sites (N-methyl/N-ethyl adjacent to an activating group) is 1. The molecule has 2 aliphatic rings. The molecule has 2 heterocycles. The van der Waals surface area contributed by atoms with Gasteiger partial charge in [0, 0.05) is 39.8 Å². The summed E-state index contributed by atoms with van der Waals surface area (Å²) in [5.74, 6) is -1.47. The molecule has 2 rings (SSSR count). The van der Waals surface area contributed by atoms with Crippen LogP contribution in [0.1, 0.15) is 33.1 Å². The van der Waals surface area contributed by atoms with E-state index in [4.69, 9.17) is 0 Å². The van der Waals surface area contributed by atoms with E-state index < -0.39 is 23.7 Å². The Bertz CT molecular complexity index is 529. The minimum atomic E-state index is -4.30. The van der Waals surface area contributed by atoms with Gasteiger partial charge in [0.2, 0.25) is 5.91 Å². The molecule has 0 aromatic carbocycles. The molecule has 9 heteroatoms. The third kappa shape index (κ3) is 4.61. The average Bonchev–Trinajstić information content (AvgIpc) is 2.84. The molecule has 0 aromatic rings. The molecule has 0 unspecified atom stereocenters. The zero-order chi connectivity index (χ0) is 19.7. The number of urea groups is 1. The first-order valence-corrected chi connectivity index (χ1v) is 9.00. The summed E-state index contributed by atoms with van der Waals surface area (Å²) >= 11 is 0. The highest BCUT2D eigenvalue weighted by atomic mass is 19.4. The lowest BCUT2D eigenvalue weighted by Gasteiger charge is -2.38. The van der Waals surface area contributed by atoms with Crippen LogP contribution in [-0.4, -0.2) is 84.7 Å². The number of carbonyl (C=O) groups is 2. The second-order valence-electron chi connectivity index (χ2n) is 7.98. The first-order chi connectivity index (χ1) is 11.9. The van der Waals surface area contributed by atoms with Crippen molar-refractivity contribution in [3.63, 3.8) is 0 Å². The number of rotatable bonds is 3. The van der Waals surface area contributed by atoms with Crippen LogP contribution < -0.4 is 5.32 Å². The fourth-order valence-electron chi connectivity index (χ4n) is 3.84. The summed E-state index contributed by atoms with van der Waals surface area (Å²) in [5, 5.41) is 2.88. The van der Waals surface area contributed by atoms with Gasteiger partial charge in [-0.05, 0) is 33.1 Å². The van der Waals surface area contributed by atoms with Crippen LogP contribution in [0, 0.1) is 5.92 Å². The number of hydrogen-bond acceptors (Lipinski definition) is 3. The SMILES string of the molecule is CN(C)C(=O)CN1CCC(NC(=O)N2CC[C@H](C(F)(F)F)C2(C)C)CC1. The molecule has 0 saturated carbocycles. The van der Waals surface area contributed by atoms with E-state index >= 15 is 0 Å². The van der Waals surface area contributed by atoms with E-state index in [1.54, 1.807) is 19.0 Å². The predicted octanol–water partition coefficient (Wildman–Crippen LogP) is 1.91. The van der Waals surface area contributed by atoms with Crippen LogP contribution >= 0.6 is 0 Å². The minimum absolute atomic E-state index is 0.0319. The molecular weight excluding hydrogens is 349 g/mol. The van der Waals surface area contributed by atoms with Gasteiger partial charge in [-0.25, -0.2) is 4.79 Å². The number of nitrogens with one attached hydrogen (secondary N) is 1. The van der Waals surface area contributed by atoms with Crippen molar-refractivity contribution in [2.45, 2.75) is 50.9 Å². The number of piperidine rings is 1. The van der Waals surface area contributed by atoms with Crippen LogP contribution in [0.3, 0.4) is 0 Å². The summed E-state index contributed by atoms with van der Waals surface area (Å²) in [7, 11) is 3.42. The van der Waals surface area contributed by atoms with Crippen molar-refractivity contribution >= 4 is 11.9 Å². The quantitative estimate of drug-likeness (QED) is 0.816. The number of likely N-dealkylation sites (tertiary alicyclic amines) is 2. The molecule has 3 amide bonds. The lowest BCUT2D eigenvalue weighted by molar-refractivity contribution is -0.189. The van der Waals surface area contributed by atoms with Gasteiger partial charge in [0.05, 0.1) is 18.0 Å². The van der Waals surface area contributed by atoms with Crippen LogP contribution in [0.2, 0.25) is 0 Å². The maximum absolute atomic E-state index is 13.2. The lowest BCUT2D eigenvalue weighted by atomic mass is 9.88. The Balaban J connectivity index is 1.85. The van der Waals surface area contributed by atoms with Crippen LogP contribution in [0.15, 0.2) is 0 Å². The van der Waals surface area contributed by atoms with E-state index in [0.29, 0.717) is 32.5 Å². The van der Waals surface area contributed by atoms with Gasteiger partial charge in [-0.3, -0.25) is 9.69 Å². The Labute approximate surface area is 152 Å². The average molecular weight is 378 g/mol. The Morgan fingerprint density at radius 2 is 1.69 bits per heavy atom. The molecule has 0 spiro atoms. The highest BCUT2D eigenvalue weighted by Crippen LogP contribution is 2.44. The Hall–Kier alpha value is -1.51. The monoisotopic (exact) mass is 378 g/mol. The van der Waals surface area contributed by atoms with Crippen molar-refractivity contribution in [3.05, 3.63) is 0 Å². The van der Waals surface area contributed by atoms with Crippen molar-refractivity contribution in [1.29, 1.82) is 0 Å². The summed E-state index contributed by atoms with van der Waals surface area (Å²) < 4.78 is 39.5. The summed E-state index contributed by atoms with van der Waals surface area (Å²) in [4.78, 5) is 29.2. The van der Waals surface area contributed by atoms with E-state index in [1.165, 1.54) is 18.7 Å². The lowest BCUT2D eigenvalue weighted by Crippen LogP contribution is -2.56. The van der Waals surface area contributed by atoms with Crippen molar-refractivity contribution in [2.75, 3.05) is 40.3 Å². The smallest absolute Gasteiger partial charge is 0.348 e. The van der Waals surface area contributed by atoms with Gasteiger partial charge < -0.3 is 15.1 Å². The summed E-state index contributed by atoms with van der Waals surface area (Å²) in [6, 6.07) is -0.501. The molecule has 2 fully saturated rings. The standard InChI is InChI=1S/C17H29F3N4O2/c1-16(2)13(17(18,19)20)7-10-24(16)15(26)21-12-5-8-23(9-6-12)11-14(25)22(3)4/h12-13H,5-11H2,1-4H3,(H,21,26)/t13-/m0/s1. The van der Waals surface area contributed by atoms with Crippen molar-refractivity contribution in [1.82, 2.24) is 20.0 Å². The van der Waals surface area contributed by atoms with Gasteiger partial charge in [-0.2, -0.15) is 13.2 Å². The molecule has 6 nitrogen and oxygen atoms in total. The van der Waals surface area contributed by atoms with Crippen LogP contribution in [-0.2, 0) is 4.79 Å². The third-order valence-corrected chi connectivity index (χ3v) is 5.60. The maximum Gasteiger partial charge on any atom is 0.394 e. The van der Waals surface area contributed by atoms with Crippen molar-refractivity contribution in [3.8, 4) is 0 Å².